The minimum absolute atomic E-state index is 0.135. The van der Waals surface area contributed by atoms with Crippen LogP contribution in [-0.4, -0.2) is 23.9 Å². The minimum atomic E-state index is -3.92. The molecular formula is C8H12N2O4S2. The number of rotatable bonds is 3. The molecule has 1 rings (SSSR count). The fourth-order valence-corrected chi connectivity index (χ4v) is 2.81. The molecule has 0 radical (unpaired) electrons. The molecule has 0 unspecified atom stereocenters. The average Bonchev–Trinajstić information content (AvgIpc) is 2.16. The first-order valence-electron chi connectivity index (χ1n) is 4.25. The summed E-state index contributed by atoms with van der Waals surface area (Å²) in [7, 11) is -6.34. The monoisotopic (exact) mass is 264 g/mol. The Morgan fingerprint density at radius 1 is 1.19 bits per heavy atom. The molecule has 6 nitrogen and oxygen atoms in total. The predicted molar refractivity (Wildman–Crippen MR) is 58.8 cm³/mol. The van der Waals surface area contributed by atoms with Gasteiger partial charge in [0.1, 0.15) is 0 Å². The Hall–Kier alpha value is -0.960. The van der Waals surface area contributed by atoms with E-state index in [2.05, 4.69) is 4.72 Å². The number of nitrogens with two attached hydrogens (primary N) is 1. The van der Waals surface area contributed by atoms with Crippen LogP contribution in [-0.2, 0) is 20.0 Å². The van der Waals surface area contributed by atoms with Crippen LogP contribution in [0.25, 0.3) is 0 Å². The zero-order valence-electron chi connectivity index (χ0n) is 8.76. The van der Waals surface area contributed by atoms with Crippen molar-refractivity contribution < 1.29 is 16.8 Å². The van der Waals surface area contributed by atoms with Gasteiger partial charge < -0.3 is 0 Å². The second-order valence-electron chi connectivity index (χ2n) is 3.18. The summed E-state index contributed by atoms with van der Waals surface area (Å²) in [6.07, 6.45) is 0. The number of hydrogen-bond donors (Lipinski definition) is 2. The molecule has 0 aliphatic heterocycles. The zero-order valence-corrected chi connectivity index (χ0v) is 10.4. The van der Waals surface area contributed by atoms with E-state index in [1.807, 2.05) is 0 Å². The summed E-state index contributed by atoms with van der Waals surface area (Å²) in [5, 5.41) is 4.97. The lowest BCUT2D eigenvalue weighted by molar-refractivity contribution is 0.587. The van der Waals surface area contributed by atoms with Crippen molar-refractivity contribution in [2.45, 2.75) is 16.7 Å². The molecule has 0 saturated carbocycles. The van der Waals surface area contributed by atoms with Gasteiger partial charge in [0, 0.05) is 0 Å². The molecule has 90 valence electrons. The van der Waals surface area contributed by atoms with Gasteiger partial charge in [0.15, 0.2) is 0 Å². The molecule has 1 aromatic rings. The fraction of sp³-hybridized carbons (Fsp3) is 0.250. The molecule has 0 aromatic heterocycles. The second kappa shape index (κ2) is 4.13. The first-order valence-corrected chi connectivity index (χ1v) is 7.28. The van der Waals surface area contributed by atoms with E-state index in [-0.39, 0.29) is 9.79 Å². The van der Waals surface area contributed by atoms with Crippen LogP contribution in [0, 0.1) is 6.92 Å². The number of nitrogens with one attached hydrogen (secondary N) is 1. The first kappa shape index (κ1) is 13.1. The third-order valence-corrected chi connectivity index (χ3v) is 4.51. The molecule has 0 saturated heterocycles. The highest BCUT2D eigenvalue weighted by Crippen LogP contribution is 2.18. The first-order chi connectivity index (χ1) is 7.18. The van der Waals surface area contributed by atoms with Crippen LogP contribution in [0.2, 0.25) is 0 Å². The normalized spacial score (nSPS) is 12.7. The van der Waals surface area contributed by atoms with E-state index < -0.39 is 20.0 Å². The highest BCUT2D eigenvalue weighted by molar-refractivity contribution is 7.90. The summed E-state index contributed by atoms with van der Waals surface area (Å²) in [6, 6.07) is 3.75. The molecule has 8 heteroatoms. The molecule has 1 aromatic carbocycles. The number of benzene rings is 1. The van der Waals surface area contributed by atoms with Gasteiger partial charge in [0.2, 0.25) is 20.0 Å². The summed E-state index contributed by atoms with van der Waals surface area (Å²) in [5.41, 5.74) is 0.401. The second-order valence-corrected chi connectivity index (χ2v) is 6.60. The standard InChI is InChI=1S/C8H12N2O4S2/c1-6-3-4-7(16(13,14)10-2)5-8(6)15(9,11)12/h3-5,10H,1-2H3,(H2,9,11,12). The van der Waals surface area contributed by atoms with Gasteiger partial charge in [-0.05, 0) is 31.7 Å². The van der Waals surface area contributed by atoms with E-state index in [0.29, 0.717) is 5.56 Å². The maximum Gasteiger partial charge on any atom is 0.240 e. The Morgan fingerprint density at radius 2 is 1.75 bits per heavy atom. The van der Waals surface area contributed by atoms with E-state index in [1.165, 1.54) is 26.1 Å². The third-order valence-electron chi connectivity index (χ3n) is 2.05. The molecular weight excluding hydrogens is 252 g/mol. The molecule has 0 aliphatic rings. The molecule has 0 amide bonds. The molecule has 0 bridgehead atoms. The Bertz CT molecular complexity index is 605. The zero-order chi connectivity index (χ0) is 12.6. The molecule has 3 N–H and O–H groups in total. The van der Waals surface area contributed by atoms with Gasteiger partial charge in [0.25, 0.3) is 0 Å². The average molecular weight is 264 g/mol. The van der Waals surface area contributed by atoms with E-state index >= 15 is 0 Å². The summed E-state index contributed by atoms with van der Waals surface area (Å²) in [6.45, 7) is 1.54. The van der Waals surface area contributed by atoms with Gasteiger partial charge in [-0.1, -0.05) is 6.07 Å². The number of primary sulfonamides is 1. The predicted octanol–water partition coefficient (Wildman–Crippen LogP) is -0.449. The summed E-state index contributed by atoms with van der Waals surface area (Å²) in [4.78, 5) is -0.326. The molecule has 16 heavy (non-hydrogen) atoms. The lowest BCUT2D eigenvalue weighted by Crippen LogP contribution is -2.20. The van der Waals surface area contributed by atoms with Gasteiger partial charge in [-0.2, -0.15) is 0 Å². The quantitative estimate of drug-likeness (QED) is 0.771. The summed E-state index contributed by atoms with van der Waals surface area (Å²) in [5.74, 6) is 0. The Labute approximate surface area is 94.6 Å². The number of hydrogen-bond acceptors (Lipinski definition) is 4. The lowest BCUT2D eigenvalue weighted by Gasteiger charge is -2.07. The van der Waals surface area contributed by atoms with Crippen LogP contribution in [0.15, 0.2) is 28.0 Å². The molecule has 0 spiro atoms. The maximum atomic E-state index is 11.4. The SMILES string of the molecule is CNS(=O)(=O)c1ccc(C)c(S(N)(=O)=O)c1. The molecule has 0 fully saturated rings. The molecule has 0 heterocycles. The Morgan fingerprint density at radius 3 is 2.19 bits per heavy atom. The number of sulfonamides is 2. The van der Waals surface area contributed by atoms with E-state index in [9.17, 15) is 16.8 Å². The minimum Gasteiger partial charge on any atom is -0.225 e. The van der Waals surface area contributed by atoms with Crippen molar-refractivity contribution >= 4 is 20.0 Å². The van der Waals surface area contributed by atoms with Gasteiger partial charge in [-0.15, -0.1) is 0 Å². The van der Waals surface area contributed by atoms with Crippen LogP contribution in [0.4, 0.5) is 0 Å². The third kappa shape index (κ3) is 2.59. The van der Waals surface area contributed by atoms with Crippen LogP contribution in [0.3, 0.4) is 0 Å². The smallest absolute Gasteiger partial charge is 0.225 e. The van der Waals surface area contributed by atoms with Crippen molar-refractivity contribution in [3.63, 3.8) is 0 Å². The van der Waals surface area contributed by atoms with Crippen molar-refractivity contribution in [2.24, 2.45) is 5.14 Å². The van der Waals surface area contributed by atoms with Gasteiger partial charge in [-0.3, -0.25) is 0 Å². The van der Waals surface area contributed by atoms with E-state index in [1.54, 1.807) is 0 Å². The molecule has 0 atom stereocenters. The van der Waals surface area contributed by atoms with E-state index in [4.69, 9.17) is 5.14 Å². The maximum absolute atomic E-state index is 11.4. The van der Waals surface area contributed by atoms with Crippen LogP contribution in [0.5, 0.6) is 0 Å². The Balaban J connectivity index is 3.53. The Kier molecular flexibility index (Phi) is 3.38. The summed E-state index contributed by atoms with van der Waals surface area (Å²) >= 11 is 0. The van der Waals surface area contributed by atoms with Gasteiger partial charge in [0.05, 0.1) is 9.79 Å². The molecule has 0 aliphatic carbocycles. The number of aryl methyl sites for hydroxylation is 1. The largest absolute Gasteiger partial charge is 0.240 e. The highest BCUT2D eigenvalue weighted by Gasteiger charge is 2.17. The van der Waals surface area contributed by atoms with Crippen molar-refractivity contribution in [1.29, 1.82) is 0 Å². The van der Waals surface area contributed by atoms with E-state index in [0.717, 1.165) is 6.07 Å². The van der Waals surface area contributed by atoms with Crippen LogP contribution < -0.4 is 9.86 Å². The van der Waals surface area contributed by atoms with Crippen LogP contribution in [0.1, 0.15) is 5.56 Å². The van der Waals surface area contributed by atoms with Gasteiger partial charge in [-0.25, -0.2) is 26.7 Å². The van der Waals surface area contributed by atoms with Crippen molar-refractivity contribution in [3.05, 3.63) is 23.8 Å². The topological polar surface area (TPSA) is 106 Å². The van der Waals surface area contributed by atoms with Gasteiger partial charge >= 0.3 is 0 Å². The summed E-state index contributed by atoms with van der Waals surface area (Å²) < 4.78 is 47.3. The fourth-order valence-electron chi connectivity index (χ4n) is 1.17. The van der Waals surface area contributed by atoms with Crippen LogP contribution >= 0.6 is 0 Å². The van der Waals surface area contributed by atoms with Crippen molar-refractivity contribution in [1.82, 2.24) is 4.72 Å². The van der Waals surface area contributed by atoms with Crippen molar-refractivity contribution in [3.8, 4) is 0 Å². The van der Waals surface area contributed by atoms with Crippen molar-refractivity contribution in [2.75, 3.05) is 7.05 Å². The lowest BCUT2D eigenvalue weighted by atomic mass is 10.2. The highest BCUT2D eigenvalue weighted by atomic mass is 32.2.